The van der Waals surface area contributed by atoms with Crippen molar-refractivity contribution in [3.05, 3.63) is 42.5 Å². The number of hydrogen-bond acceptors (Lipinski definition) is 6. The minimum absolute atomic E-state index is 0.0164. The third-order valence-corrected chi connectivity index (χ3v) is 8.30. The number of piperidine rings is 1. The lowest BCUT2D eigenvalue weighted by molar-refractivity contribution is -0.135. The van der Waals surface area contributed by atoms with Gasteiger partial charge in [-0.1, -0.05) is 6.92 Å². The van der Waals surface area contributed by atoms with E-state index in [1.165, 1.54) is 19.2 Å². The van der Waals surface area contributed by atoms with Crippen LogP contribution in [0.1, 0.15) is 19.8 Å². The Morgan fingerprint density at radius 1 is 1.16 bits per heavy atom. The van der Waals surface area contributed by atoms with Crippen LogP contribution in [-0.2, 0) is 19.6 Å². The van der Waals surface area contributed by atoms with Crippen LogP contribution in [0.25, 0.3) is 0 Å². The van der Waals surface area contributed by atoms with E-state index in [1.807, 2.05) is 0 Å². The summed E-state index contributed by atoms with van der Waals surface area (Å²) in [6.07, 6.45) is 1.87. The molecule has 2 amide bonds. The van der Waals surface area contributed by atoms with Crippen LogP contribution in [0.4, 0.5) is 11.4 Å². The molecule has 8 nitrogen and oxygen atoms in total. The lowest BCUT2D eigenvalue weighted by Crippen LogP contribution is -2.47. The van der Waals surface area contributed by atoms with Crippen LogP contribution >= 0.6 is 11.8 Å². The summed E-state index contributed by atoms with van der Waals surface area (Å²) in [6.45, 7) is 3.48. The average molecular weight is 476 g/mol. The van der Waals surface area contributed by atoms with Crippen molar-refractivity contribution in [2.75, 3.05) is 30.2 Å². The van der Waals surface area contributed by atoms with Crippen molar-refractivity contribution in [2.24, 2.45) is 5.92 Å². The third kappa shape index (κ3) is 4.71. The number of carbonyl (C=O) groups is 2. The molecule has 0 spiro atoms. The Labute approximate surface area is 191 Å². The Kier molecular flexibility index (Phi) is 6.34. The Morgan fingerprint density at radius 2 is 1.84 bits per heavy atom. The van der Waals surface area contributed by atoms with Gasteiger partial charge in [0, 0.05) is 23.7 Å². The second-order valence-corrected chi connectivity index (χ2v) is 10.8. The molecule has 0 aliphatic carbocycles. The molecule has 0 saturated carbocycles. The maximum atomic E-state index is 12.9. The molecule has 2 aromatic carbocycles. The highest BCUT2D eigenvalue weighted by molar-refractivity contribution is 8.01. The summed E-state index contributed by atoms with van der Waals surface area (Å²) in [4.78, 5) is 28.0. The van der Waals surface area contributed by atoms with E-state index in [0.29, 0.717) is 41.0 Å². The average Bonchev–Trinajstić information content (AvgIpc) is 2.78. The van der Waals surface area contributed by atoms with Gasteiger partial charge in [0.05, 0.1) is 17.7 Å². The van der Waals surface area contributed by atoms with E-state index in [9.17, 15) is 18.0 Å². The number of methoxy groups -OCH3 is 1. The maximum Gasteiger partial charge on any atom is 0.261 e. The lowest BCUT2D eigenvalue weighted by atomic mass is 9.99. The number of thioether (sulfide) groups is 1. The number of rotatable bonds is 5. The third-order valence-electron chi connectivity index (χ3n) is 5.66. The van der Waals surface area contributed by atoms with Crippen LogP contribution in [0, 0.1) is 5.92 Å². The summed E-state index contributed by atoms with van der Waals surface area (Å²) in [7, 11) is -2.33. The summed E-state index contributed by atoms with van der Waals surface area (Å²) >= 11 is 1.16. The minimum atomic E-state index is -3.86. The number of carbonyl (C=O) groups excluding carboxylic acids is 2. The van der Waals surface area contributed by atoms with Gasteiger partial charge in [-0.15, -0.1) is 11.8 Å². The lowest BCUT2D eigenvalue weighted by Gasteiger charge is -2.33. The molecule has 32 heavy (non-hydrogen) atoms. The minimum Gasteiger partial charge on any atom is -0.497 e. The number of anilines is 2. The smallest absolute Gasteiger partial charge is 0.261 e. The van der Waals surface area contributed by atoms with Gasteiger partial charge in [-0.05, 0) is 61.2 Å². The second-order valence-electron chi connectivity index (χ2n) is 7.99. The van der Waals surface area contributed by atoms with Gasteiger partial charge in [-0.25, -0.2) is 8.42 Å². The Morgan fingerprint density at radius 3 is 2.50 bits per heavy atom. The van der Waals surface area contributed by atoms with E-state index in [4.69, 9.17) is 4.74 Å². The van der Waals surface area contributed by atoms with Gasteiger partial charge in [0.15, 0.2) is 5.25 Å². The Hall–Kier alpha value is -2.72. The molecule has 1 unspecified atom stereocenters. The van der Waals surface area contributed by atoms with Crippen molar-refractivity contribution in [2.45, 2.75) is 34.8 Å². The monoisotopic (exact) mass is 475 g/mol. The largest absolute Gasteiger partial charge is 0.497 e. The molecule has 4 rings (SSSR count). The van der Waals surface area contributed by atoms with Crippen LogP contribution in [0.5, 0.6) is 5.75 Å². The van der Waals surface area contributed by atoms with Gasteiger partial charge in [-0.3, -0.25) is 14.3 Å². The van der Waals surface area contributed by atoms with E-state index < -0.39 is 21.2 Å². The molecule has 10 heteroatoms. The molecule has 170 valence electrons. The quantitative estimate of drug-likeness (QED) is 0.644. The molecule has 2 aromatic rings. The van der Waals surface area contributed by atoms with Crippen molar-refractivity contribution in [1.82, 2.24) is 4.90 Å². The number of ether oxygens (including phenoxy) is 1. The number of benzene rings is 2. The topological polar surface area (TPSA) is 105 Å². The zero-order valence-corrected chi connectivity index (χ0v) is 19.5. The van der Waals surface area contributed by atoms with E-state index in [1.54, 1.807) is 35.2 Å². The molecule has 1 atom stereocenters. The number of amides is 2. The number of nitrogens with zero attached hydrogens (tertiary/aromatic N) is 1. The zero-order chi connectivity index (χ0) is 22.9. The Bertz CT molecular complexity index is 1130. The first-order valence-corrected chi connectivity index (χ1v) is 12.7. The molecule has 2 aliphatic rings. The fourth-order valence-corrected chi connectivity index (χ4v) is 5.82. The zero-order valence-electron chi connectivity index (χ0n) is 17.8. The van der Waals surface area contributed by atoms with Gasteiger partial charge in [0.1, 0.15) is 5.75 Å². The number of sulfonamides is 1. The normalized spacial score (nSPS) is 19.1. The van der Waals surface area contributed by atoms with E-state index in [0.717, 1.165) is 24.6 Å². The van der Waals surface area contributed by atoms with Crippen molar-refractivity contribution in [3.8, 4) is 5.75 Å². The van der Waals surface area contributed by atoms with Crippen molar-refractivity contribution >= 4 is 45.0 Å². The standard InChI is InChI=1S/C22H25N3O5S2/c1-14-9-11-25(12-10-14)22(27)20-21(26)23-18-13-17(7-8-19(18)31-20)32(28,29)24-15-3-5-16(30-2)6-4-15/h3-8,13-14,20,24H,9-12H2,1-2H3,(H,23,26). The summed E-state index contributed by atoms with van der Waals surface area (Å²) in [5, 5.41) is 1.85. The highest BCUT2D eigenvalue weighted by atomic mass is 32.2. The van der Waals surface area contributed by atoms with Crippen LogP contribution in [0.3, 0.4) is 0 Å². The van der Waals surface area contributed by atoms with E-state index in [-0.39, 0.29) is 10.8 Å². The molecule has 2 heterocycles. The summed E-state index contributed by atoms with van der Waals surface area (Å²) < 4.78 is 33.2. The van der Waals surface area contributed by atoms with Gasteiger partial charge >= 0.3 is 0 Å². The van der Waals surface area contributed by atoms with Crippen LogP contribution < -0.4 is 14.8 Å². The predicted molar refractivity (Wildman–Crippen MR) is 123 cm³/mol. The fraction of sp³-hybridized carbons (Fsp3) is 0.364. The molecule has 1 saturated heterocycles. The molecule has 1 fully saturated rings. The summed E-state index contributed by atoms with van der Waals surface area (Å²) in [6, 6.07) is 11.0. The van der Waals surface area contributed by atoms with Crippen molar-refractivity contribution < 1.29 is 22.7 Å². The van der Waals surface area contributed by atoms with Crippen molar-refractivity contribution in [3.63, 3.8) is 0 Å². The van der Waals surface area contributed by atoms with Crippen LogP contribution in [0.15, 0.2) is 52.3 Å². The number of hydrogen-bond donors (Lipinski definition) is 2. The number of nitrogens with one attached hydrogen (secondary N) is 2. The SMILES string of the molecule is COc1ccc(NS(=O)(=O)c2ccc3c(c2)NC(=O)C(C(=O)N2CCC(C)CC2)S3)cc1. The fourth-order valence-electron chi connectivity index (χ4n) is 3.69. The van der Waals surface area contributed by atoms with Crippen LogP contribution in [0.2, 0.25) is 0 Å². The second kappa shape index (κ2) is 9.03. The van der Waals surface area contributed by atoms with Crippen molar-refractivity contribution in [1.29, 1.82) is 0 Å². The number of likely N-dealkylation sites (tertiary alicyclic amines) is 1. The predicted octanol–water partition coefficient (Wildman–Crippen LogP) is 3.17. The number of fused-ring (bicyclic) bond motifs is 1. The molecular formula is C22H25N3O5S2. The molecular weight excluding hydrogens is 450 g/mol. The highest BCUT2D eigenvalue weighted by Crippen LogP contribution is 2.38. The van der Waals surface area contributed by atoms with Gasteiger partial charge < -0.3 is 15.0 Å². The first-order valence-electron chi connectivity index (χ1n) is 10.3. The molecule has 0 radical (unpaired) electrons. The van der Waals surface area contributed by atoms with Gasteiger partial charge in [0.2, 0.25) is 11.8 Å². The highest BCUT2D eigenvalue weighted by Gasteiger charge is 2.37. The summed E-state index contributed by atoms with van der Waals surface area (Å²) in [5.74, 6) is 0.579. The molecule has 0 bridgehead atoms. The maximum absolute atomic E-state index is 12.9. The molecule has 0 aromatic heterocycles. The van der Waals surface area contributed by atoms with Gasteiger partial charge in [-0.2, -0.15) is 0 Å². The first-order chi connectivity index (χ1) is 15.3. The summed E-state index contributed by atoms with van der Waals surface area (Å²) in [5.41, 5.74) is 0.775. The Balaban J connectivity index is 1.50. The van der Waals surface area contributed by atoms with Crippen LogP contribution in [-0.4, -0.2) is 50.6 Å². The molecule has 2 N–H and O–H groups in total. The first kappa shape index (κ1) is 22.5. The van der Waals surface area contributed by atoms with E-state index >= 15 is 0 Å². The molecule has 2 aliphatic heterocycles. The van der Waals surface area contributed by atoms with Gasteiger partial charge in [0.25, 0.3) is 10.0 Å². The van der Waals surface area contributed by atoms with E-state index in [2.05, 4.69) is 17.0 Å².